The van der Waals surface area contributed by atoms with Crippen molar-refractivity contribution in [2.45, 2.75) is 37.8 Å². The van der Waals surface area contributed by atoms with Crippen molar-refractivity contribution in [2.75, 3.05) is 6.54 Å². The summed E-state index contributed by atoms with van der Waals surface area (Å²) in [5.74, 6) is -0.119. The lowest BCUT2D eigenvalue weighted by Gasteiger charge is -2.26. The van der Waals surface area contributed by atoms with E-state index in [9.17, 15) is 14.0 Å². The molecule has 3 N–H and O–H groups in total. The Morgan fingerprint density at radius 1 is 1.23 bits per heavy atom. The van der Waals surface area contributed by atoms with E-state index in [0.29, 0.717) is 12.5 Å². The number of hydrogen-bond donors (Lipinski definition) is 3. The molecule has 1 aromatic carbocycles. The summed E-state index contributed by atoms with van der Waals surface area (Å²) >= 11 is 0. The van der Waals surface area contributed by atoms with Crippen molar-refractivity contribution < 1.29 is 14.0 Å². The molecule has 2 fully saturated rings. The smallest absolute Gasteiger partial charge is 0.315 e. The molecule has 3 rings (SSSR count). The average Bonchev–Trinajstić information content (AvgIpc) is 3.17. The van der Waals surface area contributed by atoms with Gasteiger partial charge in [0.15, 0.2) is 0 Å². The quantitative estimate of drug-likeness (QED) is 0.794. The number of amides is 3. The highest BCUT2D eigenvalue weighted by atomic mass is 19.1. The second-order valence-electron chi connectivity index (χ2n) is 5.99. The minimum absolute atomic E-state index is 0.131. The van der Waals surface area contributed by atoms with E-state index in [0.717, 1.165) is 31.2 Å². The van der Waals surface area contributed by atoms with Gasteiger partial charge in [-0.3, -0.25) is 4.79 Å². The van der Waals surface area contributed by atoms with Crippen LogP contribution in [0.25, 0.3) is 0 Å². The molecule has 3 amide bonds. The molecular weight excluding hydrogens is 285 g/mol. The summed E-state index contributed by atoms with van der Waals surface area (Å²) in [5, 5.41) is 8.21. The van der Waals surface area contributed by atoms with Crippen LogP contribution in [0, 0.1) is 11.7 Å². The van der Waals surface area contributed by atoms with Crippen LogP contribution in [-0.4, -0.2) is 24.5 Å². The van der Waals surface area contributed by atoms with Gasteiger partial charge in [0, 0.05) is 6.54 Å². The molecule has 0 aromatic heterocycles. The number of hydrogen-bond acceptors (Lipinski definition) is 2. The normalized spacial score (nSPS) is 23.0. The van der Waals surface area contributed by atoms with Crippen molar-refractivity contribution >= 4 is 11.9 Å². The van der Waals surface area contributed by atoms with Crippen LogP contribution in [0.5, 0.6) is 0 Å². The van der Waals surface area contributed by atoms with Crippen LogP contribution in [0.1, 0.15) is 37.3 Å². The van der Waals surface area contributed by atoms with Gasteiger partial charge in [-0.05, 0) is 36.5 Å². The minimum Gasteiger partial charge on any atom is -0.347 e. The molecule has 1 aliphatic heterocycles. The molecule has 2 atom stereocenters. The van der Waals surface area contributed by atoms with Crippen LogP contribution in [0.3, 0.4) is 0 Å². The highest BCUT2D eigenvalue weighted by Crippen LogP contribution is 2.35. The van der Waals surface area contributed by atoms with Gasteiger partial charge in [0.25, 0.3) is 0 Å². The van der Waals surface area contributed by atoms with Gasteiger partial charge in [0.2, 0.25) is 5.91 Å². The standard InChI is InChI=1S/C16H20FN3O2/c17-12-7-5-11(6-8-12)14(10-3-1-2-4-10)20-15(21)13-9-18-16(22)19-13/h5-8,10,13-14H,1-4,9H2,(H,20,21)(H2,18,19,22)/t13-,14-/m1/s1. The molecule has 118 valence electrons. The molecule has 22 heavy (non-hydrogen) atoms. The minimum atomic E-state index is -0.545. The van der Waals surface area contributed by atoms with Gasteiger partial charge >= 0.3 is 6.03 Å². The summed E-state index contributed by atoms with van der Waals surface area (Å²) in [7, 11) is 0. The number of carbonyl (C=O) groups excluding carboxylic acids is 2. The first-order valence-electron chi connectivity index (χ1n) is 7.73. The number of carbonyl (C=O) groups is 2. The number of benzene rings is 1. The van der Waals surface area contributed by atoms with Gasteiger partial charge in [-0.15, -0.1) is 0 Å². The zero-order valence-electron chi connectivity index (χ0n) is 12.3. The zero-order valence-corrected chi connectivity index (χ0v) is 12.3. The second kappa shape index (κ2) is 6.34. The Balaban J connectivity index is 1.74. The van der Waals surface area contributed by atoms with E-state index in [4.69, 9.17) is 0 Å². The Bertz CT molecular complexity index is 555. The maximum Gasteiger partial charge on any atom is 0.315 e. The topological polar surface area (TPSA) is 70.2 Å². The van der Waals surface area contributed by atoms with E-state index in [1.165, 1.54) is 12.1 Å². The predicted molar refractivity (Wildman–Crippen MR) is 79.6 cm³/mol. The maximum atomic E-state index is 13.1. The first-order chi connectivity index (χ1) is 10.6. The lowest BCUT2D eigenvalue weighted by Crippen LogP contribution is -2.45. The maximum absolute atomic E-state index is 13.1. The predicted octanol–water partition coefficient (Wildman–Crippen LogP) is 1.85. The molecule has 1 saturated heterocycles. The van der Waals surface area contributed by atoms with Gasteiger partial charge in [-0.2, -0.15) is 0 Å². The second-order valence-corrected chi connectivity index (χ2v) is 5.99. The summed E-state index contributed by atoms with van der Waals surface area (Å²) in [4.78, 5) is 23.5. The molecule has 0 spiro atoms. The van der Waals surface area contributed by atoms with Crippen LogP contribution in [0.4, 0.5) is 9.18 Å². The zero-order chi connectivity index (χ0) is 15.5. The van der Waals surface area contributed by atoms with E-state index in [1.54, 1.807) is 12.1 Å². The Labute approximate surface area is 128 Å². The van der Waals surface area contributed by atoms with Crippen molar-refractivity contribution in [3.63, 3.8) is 0 Å². The van der Waals surface area contributed by atoms with E-state index < -0.39 is 6.04 Å². The molecular formula is C16H20FN3O2. The van der Waals surface area contributed by atoms with E-state index >= 15 is 0 Å². The fourth-order valence-electron chi connectivity index (χ4n) is 3.30. The summed E-state index contributed by atoms with van der Waals surface area (Å²) in [6.07, 6.45) is 4.41. The third kappa shape index (κ3) is 3.21. The van der Waals surface area contributed by atoms with E-state index in [2.05, 4.69) is 16.0 Å². The lowest BCUT2D eigenvalue weighted by molar-refractivity contribution is -0.123. The Kier molecular flexibility index (Phi) is 4.27. The van der Waals surface area contributed by atoms with Gasteiger partial charge < -0.3 is 16.0 Å². The molecule has 1 aliphatic carbocycles. The molecule has 1 heterocycles. The Hall–Kier alpha value is -2.11. The van der Waals surface area contributed by atoms with Gasteiger partial charge in [0.05, 0.1) is 6.04 Å². The first kappa shape index (κ1) is 14.8. The van der Waals surface area contributed by atoms with Crippen molar-refractivity contribution in [1.82, 2.24) is 16.0 Å². The van der Waals surface area contributed by atoms with Crippen molar-refractivity contribution in [3.8, 4) is 0 Å². The molecule has 6 heteroatoms. The SMILES string of the molecule is O=C1NC[C@H](C(=O)N[C@@H](c2ccc(F)cc2)C2CCCC2)N1. The first-order valence-corrected chi connectivity index (χ1v) is 7.73. The van der Waals surface area contributed by atoms with Crippen molar-refractivity contribution in [2.24, 2.45) is 5.92 Å². The van der Waals surface area contributed by atoms with Gasteiger partial charge in [-0.25, -0.2) is 9.18 Å². The Morgan fingerprint density at radius 2 is 1.91 bits per heavy atom. The molecule has 0 radical (unpaired) electrons. The average molecular weight is 305 g/mol. The molecule has 1 aromatic rings. The summed E-state index contributed by atoms with van der Waals surface area (Å²) in [6, 6.07) is 5.29. The molecule has 5 nitrogen and oxygen atoms in total. The largest absolute Gasteiger partial charge is 0.347 e. The number of nitrogens with one attached hydrogen (secondary N) is 3. The molecule has 1 saturated carbocycles. The van der Waals surface area contributed by atoms with E-state index in [1.807, 2.05) is 0 Å². The monoisotopic (exact) mass is 305 g/mol. The van der Waals surface area contributed by atoms with Gasteiger partial charge in [0.1, 0.15) is 11.9 Å². The van der Waals surface area contributed by atoms with E-state index in [-0.39, 0.29) is 23.8 Å². The highest BCUT2D eigenvalue weighted by Gasteiger charge is 2.32. The highest BCUT2D eigenvalue weighted by molar-refractivity contribution is 5.90. The molecule has 2 aliphatic rings. The third-order valence-electron chi connectivity index (χ3n) is 4.49. The van der Waals surface area contributed by atoms with Crippen LogP contribution in [0.15, 0.2) is 24.3 Å². The summed E-state index contributed by atoms with van der Waals surface area (Å²) in [6.45, 7) is 0.297. The van der Waals surface area contributed by atoms with Gasteiger partial charge in [-0.1, -0.05) is 25.0 Å². The molecule has 0 unspecified atom stereocenters. The Morgan fingerprint density at radius 3 is 2.50 bits per heavy atom. The lowest BCUT2D eigenvalue weighted by atomic mass is 9.91. The summed E-state index contributed by atoms with van der Waals surface area (Å²) < 4.78 is 13.1. The van der Waals surface area contributed by atoms with Crippen LogP contribution < -0.4 is 16.0 Å². The third-order valence-corrected chi connectivity index (χ3v) is 4.49. The van der Waals surface area contributed by atoms with Crippen LogP contribution in [-0.2, 0) is 4.79 Å². The molecule has 0 bridgehead atoms. The van der Waals surface area contributed by atoms with Crippen molar-refractivity contribution in [1.29, 1.82) is 0 Å². The number of halogens is 1. The van der Waals surface area contributed by atoms with Crippen LogP contribution >= 0.6 is 0 Å². The number of urea groups is 1. The number of rotatable bonds is 4. The summed E-state index contributed by atoms with van der Waals surface area (Å²) in [5.41, 5.74) is 0.916. The van der Waals surface area contributed by atoms with Crippen molar-refractivity contribution in [3.05, 3.63) is 35.6 Å². The fraction of sp³-hybridized carbons (Fsp3) is 0.500. The fourth-order valence-corrected chi connectivity index (χ4v) is 3.30. The van der Waals surface area contributed by atoms with Crippen LogP contribution in [0.2, 0.25) is 0 Å².